The number of hydrogen-bond acceptors (Lipinski definition) is 4. The second kappa shape index (κ2) is 8.06. The van der Waals surface area contributed by atoms with E-state index in [1.807, 2.05) is 0 Å². The third-order valence-electron chi connectivity index (χ3n) is 4.26. The molecule has 146 valence electrons. The summed E-state index contributed by atoms with van der Waals surface area (Å²) in [7, 11) is 0. The summed E-state index contributed by atoms with van der Waals surface area (Å²) in [5.41, 5.74) is 1.29. The van der Waals surface area contributed by atoms with E-state index in [1.54, 1.807) is 42.5 Å². The number of thioether (sulfide) groups is 1. The van der Waals surface area contributed by atoms with Gasteiger partial charge in [-0.15, -0.1) is 0 Å². The van der Waals surface area contributed by atoms with Crippen LogP contribution in [0.4, 0.5) is 9.18 Å². The summed E-state index contributed by atoms with van der Waals surface area (Å²) < 4.78 is 19.0. The first-order valence-corrected chi connectivity index (χ1v) is 10.0. The summed E-state index contributed by atoms with van der Waals surface area (Å²) in [4.78, 5) is 26.4. The average molecular weight is 448 g/mol. The van der Waals surface area contributed by atoms with Gasteiger partial charge in [0, 0.05) is 16.7 Å². The van der Waals surface area contributed by atoms with Crippen molar-refractivity contribution in [1.82, 2.24) is 4.90 Å². The number of furan rings is 1. The molecule has 1 aliphatic rings. The van der Waals surface area contributed by atoms with Gasteiger partial charge in [0.05, 0.1) is 16.5 Å². The van der Waals surface area contributed by atoms with Gasteiger partial charge in [0.15, 0.2) is 0 Å². The van der Waals surface area contributed by atoms with Crippen molar-refractivity contribution in [3.63, 3.8) is 0 Å². The first-order chi connectivity index (χ1) is 13.9. The molecular formula is C21H12Cl2FNO3S. The number of carbonyl (C=O) groups is 2. The van der Waals surface area contributed by atoms with Crippen LogP contribution < -0.4 is 0 Å². The van der Waals surface area contributed by atoms with E-state index in [-0.39, 0.29) is 21.7 Å². The van der Waals surface area contributed by atoms with Crippen LogP contribution >= 0.6 is 35.0 Å². The monoisotopic (exact) mass is 447 g/mol. The highest BCUT2D eigenvalue weighted by Crippen LogP contribution is 2.35. The molecule has 1 aliphatic heterocycles. The van der Waals surface area contributed by atoms with Crippen LogP contribution in [0.2, 0.25) is 10.0 Å². The van der Waals surface area contributed by atoms with Gasteiger partial charge in [0.25, 0.3) is 11.1 Å². The summed E-state index contributed by atoms with van der Waals surface area (Å²) in [5.74, 6) is -0.0748. The molecule has 29 heavy (non-hydrogen) atoms. The quantitative estimate of drug-likeness (QED) is 0.421. The van der Waals surface area contributed by atoms with Gasteiger partial charge in [-0.2, -0.15) is 0 Å². The Hall–Kier alpha value is -2.54. The lowest BCUT2D eigenvalue weighted by molar-refractivity contribution is -0.123. The number of halogens is 3. The second-order valence-electron chi connectivity index (χ2n) is 6.19. The van der Waals surface area contributed by atoms with Gasteiger partial charge in [0.2, 0.25) is 0 Å². The largest absolute Gasteiger partial charge is 0.457 e. The van der Waals surface area contributed by atoms with Crippen LogP contribution in [-0.2, 0) is 11.3 Å². The zero-order valence-electron chi connectivity index (χ0n) is 14.7. The fourth-order valence-corrected chi connectivity index (χ4v) is 3.99. The van der Waals surface area contributed by atoms with Crippen molar-refractivity contribution in [2.45, 2.75) is 6.54 Å². The van der Waals surface area contributed by atoms with Gasteiger partial charge in [-0.25, -0.2) is 4.39 Å². The Morgan fingerprint density at radius 2 is 1.83 bits per heavy atom. The normalized spacial score (nSPS) is 15.6. The number of nitrogens with zero attached hydrogens (tertiary/aromatic N) is 1. The molecule has 4 rings (SSSR count). The summed E-state index contributed by atoms with van der Waals surface area (Å²) in [6.45, 7) is 0.0964. The average Bonchev–Trinajstić information content (AvgIpc) is 3.26. The molecule has 0 unspecified atom stereocenters. The van der Waals surface area contributed by atoms with Gasteiger partial charge >= 0.3 is 0 Å². The van der Waals surface area contributed by atoms with Crippen LogP contribution in [0.1, 0.15) is 11.3 Å². The Kier molecular flexibility index (Phi) is 5.50. The second-order valence-corrected chi connectivity index (χ2v) is 8.00. The number of amides is 2. The highest BCUT2D eigenvalue weighted by Gasteiger charge is 2.35. The predicted octanol–water partition coefficient (Wildman–Crippen LogP) is 6.63. The zero-order valence-corrected chi connectivity index (χ0v) is 17.0. The number of benzene rings is 2. The molecule has 2 amide bonds. The van der Waals surface area contributed by atoms with E-state index in [4.69, 9.17) is 27.6 Å². The molecule has 2 heterocycles. The molecule has 0 atom stereocenters. The maximum Gasteiger partial charge on any atom is 0.293 e. The predicted molar refractivity (Wildman–Crippen MR) is 112 cm³/mol. The summed E-state index contributed by atoms with van der Waals surface area (Å²) in [6.07, 6.45) is 1.51. The van der Waals surface area contributed by atoms with Gasteiger partial charge in [-0.3, -0.25) is 14.5 Å². The molecule has 1 fully saturated rings. The van der Waals surface area contributed by atoms with Crippen LogP contribution in [0.15, 0.2) is 63.9 Å². The SMILES string of the molecule is O=C1S/C(=C\c2ccc(-c3ccc(F)c(Cl)c3)o2)C(=O)N1Cc1ccccc1Cl. The van der Waals surface area contributed by atoms with E-state index >= 15 is 0 Å². The minimum absolute atomic E-state index is 0.0128. The Bertz CT molecular complexity index is 1160. The van der Waals surface area contributed by atoms with E-state index < -0.39 is 11.7 Å². The molecule has 0 spiro atoms. The molecule has 0 bridgehead atoms. The molecule has 1 saturated heterocycles. The van der Waals surface area contributed by atoms with E-state index in [9.17, 15) is 14.0 Å². The molecule has 4 nitrogen and oxygen atoms in total. The van der Waals surface area contributed by atoms with Gasteiger partial charge in [-0.1, -0.05) is 41.4 Å². The van der Waals surface area contributed by atoms with E-state index in [0.29, 0.717) is 27.7 Å². The van der Waals surface area contributed by atoms with Crippen LogP contribution in [0.25, 0.3) is 17.4 Å². The highest BCUT2D eigenvalue weighted by molar-refractivity contribution is 8.18. The van der Waals surface area contributed by atoms with Crippen LogP contribution in [0, 0.1) is 5.82 Å². The van der Waals surface area contributed by atoms with E-state index in [0.717, 1.165) is 16.7 Å². The lowest BCUT2D eigenvalue weighted by atomic mass is 10.2. The van der Waals surface area contributed by atoms with Crippen molar-refractivity contribution in [2.75, 3.05) is 0 Å². The molecule has 0 saturated carbocycles. The minimum Gasteiger partial charge on any atom is -0.457 e. The molecule has 0 N–H and O–H groups in total. The Balaban J connectivity index is 1.55. The first kappa shape index (κ1) is 19.8. The van der Waals surface area contributed by atoms with Crippen molar-refractivity contribution in [3.05, 3.63) is 86.7 Å². The first-order valence-electron chi connectivity index (χ1n) is 8.46. The summed E-state index contributed by atoms with van der Waals surface area (Å²) >= 11 is 12.8. The maximum absolute atomic E-state index is 13.3. The Morgan fingerprint density at radius 1 is 1.03 bits per heavy atom. The summed E-state index contributed by atoms with van der Waals surface area (Å²) in [6, 6.07) is 14.6. The van der Waals surface area contributed by atoms with Crippen molar-refractivity contribution in [1.29, 1.82) is 0 Å². The number of carbonyl (C=O) groups excluding carboxylic acids is 2. The third-order valence-corrected chi connectivity index (χ3v) is 5.83. The lowest BCUT2D eigenvalue weighted by Gasteiger charge is -2.13. The molecule has 0 aliphatic carbocycles. The third kappa shape index (κ3) is 4.10. The topological polar surface area (TPSA) is 50.5 Å². The maximum atomic E-state index is 13.3. The van der Waals surface area contributed by atoms with Crippen molar-refractivity contribution in [3.8, 4) is 11.3 Å². The lowest BCUT2D eigenvalue weighted by Crippen LogP contribution is -2.27. The number of hydrogen-bond donors (Lipinski definition) is 0. The molecule has 3 aromatic rings. The van der Waals surface area contributed by atoms with Gasteiger partial charge in [0.1, 0.15) is 17.3 Å². The standard InChI is InChI=1S/C21H12Cl2FNO3S/c22-15-4-2-1-3-13(15)11-25-20(26)19(29-21(25)27)10-14-6-8-18(28-14)12-5-7-17(24)16(23)9-12/h1-10H,11H2/b19-10-. The Morgan fingerprint density at radius 3 is 2.59 bits per heavy atom. The molecule has 8 heteroatoms. The van der Waals surface area contributed by atoms with Gasteiger partial charge in [-0.05, 0) is 53.7 Å². The fraction of sp³-hybridized carbons (Fsp3) is 0.0476. The van der Waals surface area contributed by atoms with Crippen molar-refractivity contribution < 1.29 is 18.4 Å². The summed E-state index contributed by atoms with van der Waals surface area (Å²) in [5, 5.41) is 0.101. The van der Waals surface area contributed by atoms with Crippen molar-refractivity contribution >= 4 is 52.2 Å². The molecule has 2 aromatic carbocycles. The molecular weight excluding hydrogens is 436 g/mol. The van der Waals surface area contributed by atoms with Crippen LogP contribution in [0.5, 0.6) is 0 Å². The fourth-order valence-electron chi connectivity index (χ4n) is 2.80. The minimum atomic E-state index is -0.519. The van der Waals surface area contributed by atoms with E-state index in [1.165, 1.54) is 18.2 Å². The zero-order chi connectivity index (χ0) is 20.5. The molecule has 0 radical (unpaired) electrons. The smallest absolute Gasteiger partial charge is 0.293 e. The molecule has 1 aromatic heterocycles. The van der Waals surface area contributed by atoms with Gasteiger partial charge < -0.3 is 4.42 Å². The Labute approximate surface area is 179 Å². The van der Waals surface area contributed by atoms with Crippen LogP contribution in [0.3, 0.4) is 0 Å². The number of rotatable bonds is 4. The highest BCUT2D eigenvalue weighted by atomic mass is 35.5. The van der Waals surface area contributed by atoms with Crippen LogP contribution in [-0.4, -0.2) is 16.0 Å². The van der Waals surface area contributed by atoms with E-state index in [2.05, 4.69) is 0 Å². The van der Waals surface area contributed by atoms with Crippen molar-refractivity contribution in [2.24, 2.45) is 0 Å². The number of imide groups is 1.